The topological polar surface area (TPSA) is 38.9 Å². The number of nitrogens with two attached hydrogens (primary N) is 1. The van der Waals surface area contributed by atoms with Crippen LogP contribution in [0.15, 0.2) is 60.8 Å². The molecular formula is C17H15ClN2. The lowest BCUT2D eigenvalue weighted by Gasteiger charge is -2.13. The summed E-state index contributed by atoms with van der Waals surface area (Å²) in [5, 5.41) is 1.89. The summed E-state index contributed by atoms with van der Waals surface area (Å²) in [4.78, 5) is 4.37. The lowest BCUT2D eigenvalue weighted by atomic mass is 9.98. The first-order valence-corrected chi connectivity index (χ1v) is 6.95. The summed E-state index contributed by atoms with van der Waals surface area (Å²) < 4.78 is 0. The number of fused-ring (bicyclic) bond motifs is 1. The molecule has 1 heterocycles. The van der Waals surface area contributed by atoms with Crippen LogP contribution in [0.4, 0.5) is 0 Å². The van der Waals surface area contributed by atoms with Crippen LogP contribution in [0.2, 0.25) is 5.02 Å². The Labute approximate surface area is 123 Å². The van der Waals surface area contributed by atoms with E-state index in [-0.39, 0.29) is 6.04 Å². The third-order valence-electron chi connectivity index (χ3n) is 3.46. The van der Waals surface area contributed by atoms with Gasteiger partial charge in [0.05, 0.1) is 5.52 Å². The Balaban J connectivity index is 1.89. The molecule has 0 aliphatic rings. The summed E-state index contributed by atoms with van der Waals surface area (Å²) in [5.74, 6) is 0. The van der Waals surface area contributed by atoms with Gasteiger partial charge in [-0.05, 0) is 35.7 Å². The van der Waals surface area contributed by atoms with Crippen LogP contribution < -0.4 is 5.73 Å². The molecule has 0 amide bonds. The molecule has 2 aromatic carbocycles. The predicted molar refractivity (Wildman–Crippen MR) is 83.8 cm³/mol. The van der Waals surface area contributed by atoms with Gasteiger partial charge in [0.15, 0.2) is 0 Å². The lowest BCUT2D eigenvalue weighted by Crippen LogP contribution is -2.13. The molecule has 3 rings (SSSR count). The fourth-order valence-electron chi connectivity index (χ4n) is 2.33. The van der Waals surface area contributed by atoms with Crippen LogP contribution in [0.1, 0.15) is 17.2 Å². The molecule has 20 heavy (non-hydrogen) atoms. The summed E-state index contributed by atoms with van der Waals surface area (Å²) in [6.45, 7) is 0. The molecular weight excluding hydrogens is 268 g/mol. The third-order valence-corrected chi connectivity index (χ3v) is 3.82. The van der Waals surface area contributed by atoms with E-state index >= 15 is 0 Å². The Kier molecular flexibility index (Phi) is 3.68. The molecule has 2 nitrogen and oxygen atoms in total. The monoisotopic (exact) mass is 282 g/mol. The molecule has 0 aliphatic carbocycles. The zero-order chi connectivity index (χ0) is 13.9. The van der Waals surface area contributed by atoms with Crippen molar-refractivity contribution in [2.75, 3.05) is 0 Å². The van der Waals surface area contributed by atoms with Crippen LogP contribution in [0.5, 0.6) is 0 Å². The molecule has 1 unspecified atom stereocenters. The van der Waals surface area contributed by atoms with Crippen molar-refractivity contribution in [3.8, 4) is 0 Å². The van der Waals surface area contributed by atoms with Gasteiger partial charge in [-0.1, -0.05) is 48.0 Å². The number of hydrogen-bond acceptors (Lipinski definition) is 2. The van der Waals surface area contributed by atoms with E-state index in [2.05, 4.69) is 23.2 Å². The maximum Gasteiger partial charge on any atom is 0.0705 e. The molecule has 1 aromatic heterocycles. The highest BCUT2D eigenvalue weighted by Gasteiger charge is 2.10. The largest absolute Gasteiger partial charge is 0.324 e. The van der Waals surface area contributed by atoms with E-state index < -0.39 is 0 Å². The smallest absolute Gasteiger partial charge is 0.0705 e. The van der Waals surface area contributed by atoms with E-state index in [1.165, 1.54) is 0 Å². The summed E-state index contributed by atoms with van der Waals surface area (Å²) in [5.41, 5.74) is 9.42. The van der Waals surface area contributed by atoms with E-state index in [0.717, 1.165) is 33.5 Å². The van der Waals surface area contributed by atoms with Crippen molar-refractivity contribution in [3.05, 3.63) is 76.9 Å². The van der Waals surface area contributed by atoms with Crippen molar-refractivity contribution in [3.63, 3.8) is 0 Å². The fraction of sp³-hybridized carbons (Fsp3) is 0.118. The maximum absolute atomic E-state index is 6.30. The molecule has 0 aliphatic heterocycles. The first kappa shape index (κ1) is 13.1. The van der Waals surface area contributed by atoms with Crippen molar-refractivity contribution in [1.82, 2.24) is 4.98 Å². The van der Waals surface area contributed by atoms with Gasteiger partial charge in [-0.2, -0.15) is 0 Å². The van der Waals surface area contributed by atoms with Crippen LogP contribution in [0, 0.1) is 0 Å². The van der Waals surface area contributed by atoms with Crippen LogP contribution in [-0.2, 0) is 6.42 Å². The molecule has 100 valence electrons. The predicted octanol–water partition coefficient (Wildman–Crippen LogP) is 4.13. The van der Waals surface area contributed by atoms with E-state index in [0.29, 0.717) is 0 Å². The Morgan fingerprint density at radius 2 is 1.90 bits per heavy atom. The van der Waals surface area contributed by atoms with Gasteiger partial charge in [-0.25, -0.2) is 0 Å². The third kappa shape index (κ3) is 2.67. The van der Waals surface area contributed by atoms with Gasteiger partial charge in [0, 0.05) is 22.6 Å². The first-order chi connectivity index (χ1) is 9.74. The highest BCUT2D eigenvalue weighted by Crippen LogP contribution is 2.23. The van der Waals surface area contributed by atoms with Crippen molar-refractivity contribution in [2.45, 2.75) is 12.5 Å². The summed E-state index contributed by atoms with van der Waals surface area (Å²) in [6, 6.07) is 17.9. The van der Waals surface area contributed by atoms with E-state index in [9.17, 15) is 0 Å². The highest BCUT2D eigenvalue weighted by molar-refractivity contribution is 6.31. The molecule has 0 radical (unpaired) electrons. The molecule has 0 bridgehead atoms. The SMILES string of the molecule is NC(Cc1ccccc1Cl)c1ccc2cccnc2c1. The average Bonchev–Trinajstić information content (AvgIpc) is 2.49. The van der Waals surface area contributed by atoms with Gasteiger partial charge in [0.2, 0.25) is 0 Å². The number of benzene rings is 2. The highest BCUT2D eigenvalue weighted by atomic mass is 35.5. The van der Waals surface area contributed by atoms with Crippen molar-refractivity contribution >= 4 is 22.5 Å². The quantitative estimate of drug-likeness (QED) is 0.784. The Hall–Kier alpha value is -1.90. The van der Waals surface area contributed by atoms with E-state index in [1.54, 1.807) is 6.20 Å². The Morgan fingerprint density at radius 1 is 1.05 bits per heavy atom. The van der Waals surface area contributed by atoms with Gasteiger partial charge < -0.3 is 5.73 Å². The van der Waals surface area contributed by atoms with Gasteiger partial charge in [-0.15, -0.1) is 0 Å². The summed E-state index contributed by atoms with van der Waals surface area (Å²) in [6.07, 6.45) is 2.52. The molecule has 0 saturated carbocycles. The second-order valence-electron chi connectivity index (χ2n) is 4.86. The summed E-state index contributed by atoms with van der Waals surface area (Å²) in [7, 11) is 0. The minimum Gasteiger partial charge on any atom is -0.324 e. The first-order valence-electron chi connectivity index (χ1n) is 6.58. The minimum absolute atomic E-state index is 0.0821. The minimum atomic E-state index is -0.0821. The van der Waals surface area contributed by atoms with Gasteiger partial charge >= 0.3 is 0 Å². The standard InChI is InChI=1S/C17H15ClN2/c18-15-6-2-1-4-13(15)10-16(19)14-8-7-12-5-3-9-20-17(12)11-14/h1-9,11,16H,10,19H2. The number of nitrogens with zero attached hydrogens (tertiary/aromatic N) is 1. The van der Waals surface area contributed by atoms with E-state index in [1.807, 2.05) is 36.4 Å². The zero-order valence-electron chi connectivity index (χ0n) is 11.0. The second kappa shape index (κ2) is 5.61. The normalized spacial score (nSPS) is 12.5. The fourth-order valence-corrected chi connectivity index (χ4v) is 2.55. The van der Waals surface area contributed by atoms with Crippen molar-refractivity contribution in [2.24, 2.45) is 5.73 Å². The number of pyridine rings is 1. The van der Waals surface area contributed by atoms with Crippen LogP contribution >= 0.6 is 11.6 Å². The second-order valence-corrected chi connectivity index (χ2v) is 5.26. The average molecular weight is 283 g/mol. The molecule has 3 aromatic rings. The van der Waals surface area contributed by atoms with E-state index in [4.69, 9.17) is 17.3 Å². The van der Waals surface area contributed by atoms with Crippen LogP contribution in [0.3, 0.4) is 0 Å². The molecule has 3 heteroatoms. The number of rotatable bonds is 3. The zero-order valence-corrected chi connectivity index (χ0v) is 11.7. The van der Waals surface area contributed by atoms with Gasteiger partial charge in [0.1, 0.15) is 0 Å². The van der Waals surface area contributed by atoms with Gasteiger partial charge in [-0.3, -0.25) is 4.98 Å². The van der Waals surface area contributed by atoms with Gasteiger partial charge in [0.25, 0.3) is 0 Å². The Morgan fingerprint density at radius 3 is 2.75 bits per heavy atom. The van der Waals surface area contributed by atoms with Crippen molar-refractivity contribution < 1.29 is 0 Å². The van der Waals surface area contributed by atoms with Crippen molar-refractivity contribution in [1.29, 1.82) is 0 Å². The Bertz CT molecular complexity index is 740. The molecule has 0 saturated heterocycles. The number of aromatic nitrogens is 1. The number of halogens is 1. The molecule has 1 atom stereocenters. The lowest BCUT2D eigenvalue weighted by molar-refractivity contribution is 0.723. The number of hydrogen-bond donors (Lipinski definition) is 1. The van der Waals surface area contributed by atoms with Crippen LogP contribution in [-0.4, -0.2) is 4.98 Å². The molecule has 0 fully saturated rings. The van der Waals surface area contributed by atoms with Crippen LogP contribution in [0.25, 0.3) is 10.9 Å². The molecule has 0 spiro atoms. The maximum atomic E-state index is 6.30. The summed E-state index contributed by atoms with van der Waals surface area (Å²) >= 11 is 6.18. The molecule has 2 N–H and O–H groups in total.